The summed E-state index contributed by atoms with van der Waals surface area (Å²) in [5.41, 5.74) is 1.66. The maximum absolute atomic E-state index is 9.49. The molecule has 0 aliphatic heterocycles. The second-order valence-electron chi connectivity index (χ2n) is 2.79. The highest BCUT2D eigenvalue weighted by Gasteiger charge is 2.07. The molecule has 3 nitrogen and oxygen atoms in total. The molecular weight excluding hydrogens is 190 g/mol. The van der Waals surface area contributed by atoms with E-state index in [0.717, 1.165) is 11.1 Å². The number of hydrogen-bond donors (Lipinski definition) is 2. The second kappa shape index (κ2) is 4.46. The van der Waals surface area contributed by atoms with Crippen LogP contribution in [0.25, 0.3) is 0 Å². The lowest BCUT2D eigenvalue weighted by Gasteiger charge is -2.08. The van der Waals surface area contributed by atoms with Crippen molar-refractivity contribution in [1.29, 1.82) is 0 Å². The molecule has 0 atom stereocenters. The lowest BCUT2D eigenvalue weighted by Crippen LogP contribution is -2.05. The van der Waals surface area contributed by atoms with E-state index in [0.29, 0.717) is 18.1 Å². The molecule has 0 heterocycles. The first-order valence-electron chi connectivity index (χ1n) is 3.95. The Kier molecular flexibility index (Phi) is 3.54. The third kappa shape index (κ3) is 2.34. The molecule has 0 amide bonds. The van der Waals surface area contributed by atoms with Crippen molar-refractivity contribution in [3.05, 3.63) is 28.3 Å². The van der Waals surface area contributed by atoms with E-state index in [2.05, 4.69) is 4.84 Å². The minimum atomic E-state index is 0.235. The van der Waals surface area contributed by atoms with E-state index in [9.17, 15) is 5.11 Å². The molecule has 0 aliphatic rings. The zero-order valence-corrected chi connectivity index (χ0v) is 8.14. The SMILES string of the molecule is Cc1c(Cl)ccc(O)c1CCON. The number of rotatable bonds is 3. The Hall–Kier alpha value is -0.770. The topological polar surface area (TPSA) is 55.5 Å². The molecular formula is C9H12ClNO2. The first kappa shape index (κ1) is 10.3. The first-order valence-corrected chi connectivity index (χ1v) is 4.33. The van der Waals surface area contributed by atoms with Crippen LogP contribution in [0.5, 0.6) is 5.75 Å². The molecule has 0 saturated heterocycles. The van der Waals surface area contributed by atoms with Crippen molar-refractivity contribution in [2.75, 3.05) is 6.61 Å². The van der Waals surface area contributed by atoms with Crippen molar-refractivity contribution in [2.45, 2.75) is 13.3 Å². The Morgan fingerprint density at radius 3 is 2.85 bits per heavy atom. The van der Waals surface area contributed by atoms with E-state index < -0.39 is 0 Å². The van der Waals surface area contributed by atoms with Crippen molar-refractivity contribution in [1.82, 2.24) is 0 Å². The fourth-order valence-electron chi connectivity index (χ4n) is 1.19. The zero-order valence-electron chi connectivity index (χ0n) is 7.38. The average molecular weight is 202 g/mol. The Balaban J connectivity index is 2.96. The van der Waals surface area contributed by atoms with Gasteiger partial charge < -0.3 is 9.94 Å². The lowest BCUT2D eigenvalue weighted by molar-refractivity contribution is 0.140. The fourth-order valence-corrected chi connectivity index (χ4v) is 1.37. The van der Waals surface area contributed by atoms with E-state index in [1.54, 1.807) is 12.1 Å². The largest absolute Gasteiger partial charge is 0.508 e. The smallest absolute Gasteiger partial charge is 0.119 e. The van der Waals surface area contributed by atoms with Gasteiger partial charge in [0.1, 0.15) is 5.75 Å². The number of hydrogen-bond acceptors (Lipinski definition) is 3. The van der Waals surface area contributed by atoms with E-state index in [1.807, 2.05) is 6.92 Å². The predicted octanol–water partition coefficient (Wildman–Crippen LogP) is 1.79. The van der Waals surface area contributed by atoms with Crippen molar-refractivity contribution >= 4 is 11.6 Å². The molecule has 0 aromatic heterocycles. The normalized spacial score (nSPS) is 10.4. The summed E-state index contributed by atoms with van der Waals surface area (Å²) in [5, 5.41) is 10.1. The summed E-state index contributed by atoms with van der Waals surface area (Å²) in [6.07, 6.45) is 0.564. The molecule has 0 saturated carbocycles. The van der Waals surface area contributed by atoms with Crippen LogP contribution in [-0.2, 0) is 11.3 Å². The quantitative estimate of drug-likeness (QED) is 0.734. The summed E-state index contributed by atoms with van der Waals surface area (Å²) < 4.78 is 0. The summed E-state index contributed by atoms with van der Waals surface area (Å²) in [5.74, 6) is 5.14. The highest BCUT2D eigenvalue weighted by molar-refractivity contribution is 6.31. The number of nitrogens with two attached hydrogens (primary N) is 1. The highest BCUT2D eigenvalue weighted by atomic mass is 35.5. The van der Waals surface area contributed by atoms with Gasteiger partial charge in [-0.15, -0.1) is 0 Å². The zero-order chi connectivity index (χ0) is 9.84. The third-order valence-corrected chi connectivity index (χ3v) is 2.39. The Morgan fingerprint density at radius 2 is 2.23 bits per heavy atom. The maximum Gasteiger partial charge on any atom is 0.119 e. The molecule has 0 radical (unpaired) electrons. The molecule has 0 bridgehead atoms. The number of benzene rings is 1. The molecule has 3 N–H and O–H groups in total. The van der Waals surface area contributed by atoms with Crippen molar-refractivity contribution in [3.8, 4) is 5.75 Å². The van der Waals surface area contributed by atoms with Gasteiger partial charge in [-0.2, -0.15) is 0 Å². The second-order valence-corrected chi connectivity index (χ2v) is 3.20. The molecule has 0 spiro atoms. The van der Waals surface area contributed by atoms with Gasteiger partial charge in [-0.25, -0.2) is 5.90 Å². The standard InChI is InChI=1S/C9H12ClNO2/c1-6-7(4-5-13-11)9(12)3-2-8(6)10/h2-3,12H,4-5,11H2,1H3. The van der Waals surface area contributed by atoms with Crippen molar-refractivity contribution in [2.24, 2.45) is 5.90 Å². The molecule has 1 aromatic carbocycles. The number of aromatic hydroxyl groups is 1. The lowest BCUT2D eigenvalue weighted by atomic mass is 10.1. The molecule has 13 heavy (non-hydrogen) atoms. The predicted molar refractivity (Wildman–Crippen MR) is 51.7 cm³/mol. The van der Waals surface area contributed by atoms with E-state index in [4.69, 9.17) is 17.5 Å². The van der Waals surface area contributed by atoms with Gasteiger partial charge in [-0.05, 0) is 24.6 Å². The van der Waals surface area contributed by atoms with Crippen LogP contribution in [0.3, 0.4) is 0 Å². The van der Waals surface area contributed by atoms with Crippen molar-refractivity contribution in [3.63, 3.8) is 0 Å². The van der Waals surface area contributed by atoms with Gasteiger partial charge in [0.25, 0.3) is 0 Å². The molecule has 0 fully saturated rings. The Labute approximate surface area is 82.0 Å². The van der Waals surface area contributed by atoms with E-state index in [1.165, 1.54) is 0 Å². The van der Waals surface area contributed by atoms with Gasteiger partial charge in [0.15, 0.2) is 0 Å². The minimum absolute atomic E-state index is 0.235. The van der Waals surface area contributed by atoms with Crippen LogP contribution >= 0.6 is 11.6 Å². The molecule has 1 rings (SSSR count). The van der Waals surface area contributed by atoms with Gasteiger partial charge >= 0.3 is 0 Å². The Bertz CT molecular complexity index is 302. The van der Waals surface area contributed by atoms with Crippen LogP contribution in [-0.4, -0.2) is 11.7 Å². The monoisotopic (exact) mass is 201 g/mol. The number of phenols is 1. The third-order valence-electron chi connectivity index (χ3n) is 1.98. The van der Waals surface area contributed by atoms with Gasteiger partial charge in [0.05, 0.1) is 6.61 Å². The van der Waals surface area contributed by atoms with Crippen molar-refractivity contribution < 1.29 is 9.94 Å². The molecule has 4 heteroatoms. The fraction of sp³-hybridized carbons (Fsp3) is 0.333. The first-order chi connectivity index (χ1) is 6.16. The minimum Gasteiger partial charge on any atom is -0.508 e. The van der Waals surface area contributed by atoms with Gasteiger partial charge in [-0.1, -0.05) is 11.6 Å². The molecule has 0 aliphatic carbocycles. The maximum atomic E-state index is 9.49. The molecule has 72 valence electrons. The molecule has 1 aromatic rings. The summed E-state index contributed by atoms with van der Waals surface area (Å²) in [7, 11) is 0. The van der Waals surface area contributed by atoms with Crippen LogP contribution in [0.2, 0.25) is 5.02 Å². The number of phenolic OH excluding ortho intramolecular Hbond substituents is 1. The molecule has 0 unspecified atom stereocenters. The van der Waals surface area contributed by atoms with E-state index >= 15 is 0 Å². The van der Waals surface area contributed by atoms with Crippen LogP contribution in [0.1, 0.15) is 11.1 Å². The summed E-state index contributed by atoms with van der Waals surface area (Å²) in [4.78, 5) is 4.44. The van der Waals surface area contributed by atoms with Crippen LogP contribution < -0.4 is 5.90 Å². The van der Waals surface area contributed by atoms with Crippen LogP contribution in [0, 0.1) is 6.92 Å². The summed E-state index contributed by atoms with van der Waals surface area (Å²) in [6.45, 7) is 2.22. The highest BCUT2D eigenvalue weighted by Crippen LogP contribution is 2.27. The van der Waals surface area contributed by atoms with Crippen LogP contribution in [0.15, 0.2) is 12.1 Å². The number of halogens is 1. The van der Waals surface area contributed by atoms with E-state index in [-0.39, 0.29) is 5.75 Å². The van der Waals surface area contributed by atoms with Gasteiger partial charge in [0, 0.05) is 17.0 Å². The van der Waals surface area contributed by atoms with Gasteiger partial charge in [-0.3, -0.25) is 0 Å². The van der Waals surface area contributed by atoms with Crippen LogP contribution in [0.4, 0.5) is 0 Å². The summed E-state index contributed by atoms with van der Waals surface area (Å²) in [6, 6.07) is 3.24. The summed E-state index contributed by atoms with van der Waals surface area (Å²) >= 11 is 5.88. The average Bonchev–Trinajstić information content (AvgIpc) is 2.12. The Morgan fingerprint density at radius 1 is 1.54 bits per heavy atom. The van der Waals surface area contributed by atoms with Gasteiger partial charge in [0.2, 0.25) is 0 Å².